The number of aliphatic carboxylic acids is 1. The highest BCUT2D eigenvalue weighted by Crippen LogP contribution is 2.35. The van der Waals surface area contributed by atoms with Crippen molar-refractivity contribution in [2.75, 3.05) is 6.54 Å². The smallest absolute Gasteiger partial charge is 0.308 e. The van der Waals surface area contributed by atoms with E-state index >= 15 is 0 Å². The molecule has 0 aliphatic rings. The molecule has 9 heteroatoms. The van der Waals surface area contributed by atoms with Crippen LogP contribution < -0.4 is 5.32 Å². The van der Waals surface area contributed by atoms with Gasteiger partial charge in [-0.15, -0.1) is 0 Å². The van der Waals surface area contributed by atoms with E-state index in [-0.39, 0.29) is 29.1 Å². The first-order valence-corrected chi connectivity index (χ1v) is 10.6. The van der Waals surface area contributed by atoms with E-state index in [0.29, 0.717) is 32.7 Å². The number of carbonyl (C=O) groups excluding carboxylic acids is 2. The lowest BCUT2D eigenvalue weighted by atomic mass is 9.96. The van der Waals surface area contributed by atoms with Gasteiger partial charge in [0.1, 0.15) is 5.75 Å². The number of carboxylic acids is 1. The molecule has 32 heavy (non-hydrogen) atoms. The standard InChI is InChI=1S/C23H22Cl2N2O5/c1-11(23(31)32)10-26-21(29)12(2)20-13(3)27(19-7-5-15(28)9-16(19)20)22(30)14-4-6-17(24)18(25)8-14/h4-9,11-12,28H,10H2,1-3H3,(H,26,29)(H,31,32). The van der Waals surface area contributed by atoms with Gasteiger partial charge in [-0.1, -0.05) is 30.1 Å². The Morgan fingerprint density at radius 1 is 1.06 bits per heavy atom. The molecule has 0 saturated carbocycles. The second-order valence-electron chi connectivity index (χ2n) is 7.68. The number of aromatic nitrogens is 1. The summed E-state index contributed by atoms with van der Waals surface area (Å²) < 4.78 is 1.47. The molecule has 7 nitrogen and oxygen atoms in total. The van der Waals surface area contributed by atoms with Gasteiger partial charge < -0.3 is 15.5 Å². The van der Waals surface area contributed by atoms with Crippen LogP contribution in [0, 0.1) is 12.8 Å². The van der Waals surface area contributed by atoms with Crippen molar-refractivity contribution in [3.05, 3.63) is 63.3 Å². The highest BCUT2D eigenvalue weighted by Gasteiger charge is 2.27. The van der Waals surface area contributed by atoms with Crippen LogP contribution in [0.5, 0.6) is 5.75 Å². The summed E-state index contributed by atoms with van der Waals surface area (Å²) in [5, 5.41) is 22.8. The molecular formula is C23H22Cl2N2O5. The maximum atomic E-state index is 13.4. The molecule has 0 bridgehead atoms. The van der Waals surface area contributed by atoms with Crippen molar-refractivity contribution < 1.29 is 24.6 Å². The summed E-state index contributed by atoms with van der Waals surface area (Å²) in [6, 6.07) is 9.13. The Morgan fingerprint density at radius 2 is 1.75 bits per heavy atom. The van der Waals surface area contributed by atoms with Gasteiger partial charge in [-0.3, -0.25) is 19.0 Å². The summed E-state index contributed by atoms with van der Waals surface area (Å²) in [5.74, 6) is -3.22. The Kier molecular flexibility index (Phi) is 6.81. The van der Waals surface area contributed by atoms with Crippen molar-refractivity contribution in [2.24, 2.45) is 5.92 Å². The number of halogens is 2. The SMILES string of the molecule is Cc1c(C(C)C(=O)NCC(C)C(=O)O)c2cc(O)ccc2n1C(=O)c1ccc(Cl)c(Cl)c1. The number of aromatic hydroxyl groups is 1. The lowest BCUT2D eigenvalue weighted by Crippen LogP contribution is -2.34. The molecule has 0 aliphatic carbocycles. The normalized spacial score (nSPS) is 13.0. The maximum Gasteiger partial charge on any atom is 0.308 e. The number of benzene rings is 2. The number of carboxylic acid groups (broad SMARTS) is 1. The lowest BCUT2D eigenvalue weighted by Gasteiger charge is -2.15. The number of fused-ring (bicyclic) bond motifs is 1. The number of rotatable bonds is 6. The van der Waals surface area contributed by atoms with Gasteiger partial charge >= 0.3 is 5.97 Å². The van der Waals surface area contributed by atoms with E-state index in [4.69, 9.17) is 28.3 Å². The highest BCUT2D eigenvalue weighted by molar-refractivity contribution is 6.42. The molecule has 3 aromatic rings. The molecule has 0 fully saturated rings. The van der Waals surface area contributed by atoms with Crippen LogP contribution in [-0.4, -0.2) is 39.1 Å². The van der Waals surface area contributed by atoms with Crippen molar-refractivity contribution >= 4 is 51.9 Å². The molecule has 0 spiro atoms. The number of phenolic OH excluding ortho intramolecular Hbond substituents is 1. The minimum absolute atomic E-state index is 0.00926. The lowest BCUT2D eigenvalue weighted by molar-refractivity contribution is -0.141. The van der Waals surface area contributed by atoms with E-state index in [2.05, 4.69) is 5.32 Å². The van der Waals surface area contributed by atoms with Gasteiger partial charge in [-0.05, 0) is 55.8 Å². The summed E-state index contributed by atoms with van der Waals surface area (Å²) in [6.45, 7) is 4.86. The molecule has 1 aromatic heterocycles. The van der Waals surface area contributed by atoms with E-state index in [9.17, 15) is 19.5 Å². The zero-order valence-corrected chi connectivity index (χ0v) is 19.2. The maximum absolute atomic E-state index is 13.4. The Bertz CT molecular complexity index is 1230. The average Bonchev–Trinajstić information content (AvgIpc) is 3.03. The average molecular weight is 477 g/mol. The minimum Gasteiger partial charge on any atom is -0.508 e. The molecule has 0 aliphatic heterocycles. The Morgan fingerprint density at radius 3 is 2.38 bits per heavy atom. The van der Waals surface area contributed by atoms with Gasteiger partial charge in [0.2, 0.25) is 5.91 Å². The van der Waals surface area contributed by atoms with Crippen LogP contribution in [0.25, 0.3) is 10.9 Å². The van der Waals surface area contributed by atoms with E-state index in [1.54, 1.807) is 26.0 Å². The van der Waals surface area contributed by atoms with Crippen LogP contribution in [0.3, 0.4) is 0 Å². The topological polar surface area (TPSA) is 109 Å². The molecule has 0 saturated heterocycles. The second-order valence-corrected chi connectivity index (χ2v) is 8.49. The summed E-state index contributed by atoms with van der Waals surface area (Å²) in [5.41, 5.74) is 1.91. The van der Waals surface area contributed by atoms with Gasteiger partial charge in [-0.25, -0.2) is 0 Å². The van der Waals surface area contributed by atoms with Crippen molar-refractivity contribution in [3.8, 4) is 5.75 Å². The molecule has 2 atom stereocenters. The Balaban J connectivity index is 2.08. The fraction of sp³-hybridized carbons (Fsp3) is 0.261. The Labute approximate surface area is 194 Å². The van der Waals surface area contributed by atoms with Crippen LogP contribution in [-0.2, 0) is 9.59 Å². The van der Waals surface area contributed by atoms with E-state index < -0.39 is 17.8 Å². The van der Waals surface area contributed by atoms with Crippen LogP contribution >= 0.6 is 23.2 Å². The summed E-state index contributed by atoms with van der Waals surface area (Å²) in [4.78, 5) is 37.2. The quantitative estimate of drug-likeness (QED) is 0.481. The van der Waals surface area contributed by atoms with E-state index in [0.717, 1.165) is 0 Å². The van der Waals surface area contributed by atoms with Crippen molar-refractivity contribution in [2.45, 2.75) is 26.7 Å². The zero-order chi connectivity index (χ0) is 23.7. The molecule has 3 N–H and O–H groups in total. The summed E-state index contributed by atoms with van der Waals surface area (Å²) >= 11 is 12.1. The van der Waals surface area contributed by atoms with Crippen molar-refractivity contribution in [1.82, 2.24) is 9.88 Å². The summed E-state index contributed by atoms with van der Waals surface area (Å²) in [7, 11) is 0. The van der Waals surface area contributed by atoms with Gasteiger partial charge in [0.05, 0.1) is 27.4 Å². The first kappa shape index (κ1) is 23.6. The van der Waals surface area contributed by atoms with Crippen LogP contribution in [0.4, 0.5) is 0 Å². The van der Waals surface area contributed by atoms with E-state index in [1.165, 1.54) is 35.8 Å². The number of hydrogen-bond acceptors (Lipinski definition) is 4. The molecule has 168 valence electrons. The predicted molar refractivity (Wildman–Crippen MR) is 123 cm³/mol. The number of nitrogens with one attached hydrogen (secondary N) is 1. The molecule has 3 rings (SSSR count). The summed E-state index contributed by atoms with van der Waals surface area (Å²) in [6.07, 6.45) is 0. The van der Waals surface area contributed by atoms with Gasteiger partial charge in [0, 0.05) is 23.2 Å². The minimum atomic E-state index is -1.01. The molecule has 2 aromatic carbocycles. The molecule has 0 radical (unpaired) electrons. The van der Waals surface area contributed by atoms with Crippen LogP contribution in [0.15, 0.2) is 36.4 Å². The second kappa shape index (κ2) is 9.22. The fourth-order valence-corrected chi connectivity index (χ4v) is 3.92. The monoisotopic (exact) mass is 476 g/mol. The Hall–Kier alpha value is -3.03. The van der Waals surface area contributed by atoms with Crippen LogP contribution in [0.2, 0.25) is 10.0 Å². The molecule has 1 heterocycles. The molecule has 2 unspecified atom stereocenters. The number of amides is 1. The van der Waals surface area contributed by atoms with Gasteiger partial charge in [0.15, 0.2) is 0 Å². The van der Waals surface area contributed by atoms with Gasteiger partial charge in [-0.2, -0.15) is 0 Å². The zero-order valence-electron chi connectivity index (χ0n) is 17.6. The van der Waals surface area contributed by atoms with Crippen molar-refractivity contribution in [1.29, 1.82) is 0 Å². The van der Waals surface area contributed by atoms with Crippen molar-refractivity contribution in [3.63, 3.8) is 0 Å². The van der Waals surface area contributed by atoms with Gasteiger partial charge in [0.25, 0.3) is 5.91 Å². The largest absolute Gasteiger partial charge is 0.508 e. The first-order valence-electron chi connectivity index (χ1n) is 9.87. The third-order valence-electron chi connectivity index (χ3n) is 5.44. The number of hydrogen-bond donors (Lipinski definition) is 3. The van der Waals surface area contributed by atoms with E-state index in [1.807, 2.05) is 0 Å². The predicted octanol–water partition coefficient (Wildman–Crippen LogP) is 4.59. The third kappa shape index (κ3) is 4.45. The number of carbonyl (C=O) groups is 3. The highest BCUT2D eigenvalue weighted by atomic mass is 35.5. The van der Waals surface area contributed by atoms with Crippen LogP contribution in [0.1, 0.15) is 41.4 Å². The fourth-order valence-electron chi connectivity index (χ4n) is 3.62. The number of phenols is 1. The molecular weight excluding hydrogens is 455 g/mol. The molecule has 1 amide bonds. The first-order chi connectivity index (χ1) is 15.0. The number of nitrogens with zero attached hydrogens (tertiary/aromatic N) is 1. The third-order valence-corrected chi connectivity index (χ3v) is 6.18.